The van der Waals surface area contributed by atoms with Crippen molar-refractivity contribution in [1.82, 2.24) is 0 Å². The summed E-state index contributed by atoms with van der Waals surface area (Å²) in [4.78, 5) is 11.1. The summed E-state index contributed by atoms with van der Waals surface area (Å²) in [5.74, 6) is -0.110. The highest BCUT2D eigenvalue weighted by Crippen LogP contribution is 2.08. The quantitative estimate of drug-likeness (QED) is 0.797. The predicted octanol–water partition coefficient (Wildman–Crippen LogP) is 2.45. The average molecular weight is 258 g/mol. The van der Waals surface area contributed by atoms with E-state index >= 15 is 0 Å². The highest BCUT2D eigenvalue weighted by Gasteiger charge is 2.01. The molecule has 0 amide bonds. The van der Waals surface area contributed by atoms with E-state index in [2.05, 4.69) is 12.1 Å². The van der Waals surface area contributed by atoms with Crippen LogP contribution in [0.5, 0.6) is 0 Å². The monoisotopic (exact) mass is 257 g/mol. The Bertz CT molecular complexity index is 325. The third-order valence-electron chi connectivity index (χ3n) is 2.41. The van der Waals surface area contributed by atoms with E-state index in [1.807, 2.05) is 19.1 Å². The largest absolute Gasteiger partial charge is 0.466 e. The zero-order valence-electron chi connectivity index (χ0n) is 10.1. The minimum absolute atomic E-state index is 0. The average Bonchev–Trinajstić information content (AvgIpc) is 2.30. The number of rotatable bonds is 6. The smallest absolute Gasteiger partial charge is 0.305 e. The molecule has 0 aliphatic rings. The van der Waals surface area contributed by atoms with Crippen LogP contribution in [0.2, 0.25) is 0 Å². The van der Waals surface area contributed by atoms with E-state index in [9.17, 15) is 4.79 Å². The maximum Gasteiger partial charge on any atom is 0.305 e. The summed E-state index contributed by atoms with van der Waals surface area (Å²) < 4.78 is 4.86. The summed E-state index contributed by atoms with van der Waals surface area (Å²) in [5.41, 5.74) is 7.88. The molecule has 0 aliphatic carbocycles. The van der Waals surface area contributed by atoms with Crippen LogP contribution < -0.4 is 5.73 Å². The summed E-state index contributed by atoms with van der Waals surface area (Å²) in [6.45, 7) is 2.86. The Hall–Kier alpha value is -1.06. The summed E-state index contributed by atoms with van der Waals surface area (Å²) >= 11 is 0. The van der Waals surface area contributed by atoms with Gasteiger partial charge in [-0.1, -0.05) is 24.3 Å². The molecular formula is C13H20ClNO2. The molecule has 4 heteroatoms. The van der Waals surface area contributed by atoms with Crippen LogP contribution in [-0.2, 0) is 22.5 Å². The summed E-state index contributed by atoms with van der Waals surface area (Å²) in [7, 11) is 0. The molecule has 0 spiro atoms. The number of nitrogens with two attached hydrogens (primary N) is 1. The number of hydrogen-bond acceptors (Lipinski definition) is 3. The number of hydrogen-bond donors (Lipinski definition) is 1. The molecule has 0 heterocycles. The maximum atomic E-state index is 11.1. The second-order valence-electron chi connectivity index (χ2n) is 3.68. The van der Waals surface area contributed by atoms with Gasteiger partial charge in [0, 0.05) is 13.0 Å². The van der Waals surface area contributed by atoms with E-state index in [0.717, 1.165) is 18.4 Å². The van der Waals surface area contributed by atoms with Gasteiger partial charge in [0.25, 0.3) is 0 Å². The predicted molar refractivity (Wildman–Crippen MR) is 71.2 cm³/mol. The van der Waals surface area contributed by atoms with Gasteiger partial charge in [-0.25, -0.2) is 0 Å². The Morgan fingerprint density at radius 1 is 1.24 bits per heavy atom. The van der Waals surface area contributed by atoms with Crippen molar-refractivity contribution in [2.24, 2.45) is 5.73 Å². The summed E-state index contributed by atoms with van der Waals surface area (Å²) in [6, 6.07) is 8.18. The molecule has 0 saturated heterocycles. The standard InChI is InChI=1S/C13H19NO2.ClH/c1-2-16-13(15)5-3-4-11-6-8-12(10-14)9-7-11;/h6-9H,2-5,10,14H2,1H3;1H. The first-order valence-electron chi connectivity index (χ1n) is 5.69. The second kappa shape index (κ2) is 9.02. The Balaban J connectivity index is 0.00000256. The van der Waals surface area contributed by atoms with Crippen molar-refractivity contribution in [3.8, 4) is 0 Å². The highest BCUT2D eigenvalue weighted by molar-refractivity contribution is 5.85. The van der Waals surface area contributed by atoms with E-state index in [0.29, 0.717) is 19.6 Å². The number of benzene rings is 1. The van der Waals surface area contributed by atoms with Crippen molar-refractivity contribution in [1.29, 1.82) is 0 Å². The van der Waals surface area contributed by atoms with Crippen molar-refractivity contribution in [3.63, 3.8) is 0 Å². The van der Waals surface area contributed by atoms with Crippen molar-refractivity contribution in [2.75, 3.05) is 6.61 Å². The van der Waals surface area contributed by atoms with Crippen LogP contribution in [0.25, 0.3) is 0 Å². The number of carbonyl (C=O) groups excluding carboxylic acids is 1. The normalized spacial score (nSPS) is 9.53. The lowest BCUT2D eigenvalue weighted by atomic mass is 10.1. The van der Waals surface area contributed by atoms with Gasteiger partial charge < -0.3 is 10.5 Å². The van der Waals surface area contributed by atoms with Crippen LogP contribution in [0.4, 0.5) is 0 Å². The molecule has 0 aliphatic heterocycles. The van der Waals surface area contributed by atoms with Crippen LogP contribution in [0.15, 0.2) is 24.3 Å². The van der Waals surface area contributed by atoms with Gasteiger partial charge in [0.15, 0.2) is 0 Å². The molecule has 0 bridgehead atoms. The molecule has 0 fully saturated rings. The van der Waals surface area contributed by atoms with Gasteiger partial charge in [-0.15, -0.1) is 12.4 Å². The first-order chi connectivity index (χ1) is 7.76. The lowest BCUT2D eigenvalue weighted by Gasteiger charge is -2.03. The Labute approximate surface area is 109 Å². The maximum absolute atomic E-state index is 11.1. The second-order valence-corrected chi connectivity index (χ2v) is 3.68. The van der Waals surface area contributed by atoms with Crippen LogP contribution >= 0.6 is 12.4 Å². The molecule has 2 N–H and O–H groups in total. The summed E-state index contributed by atoms with van der Waals surface area (Å²) in [6.07, 6.45) is 2.23. The zero-order valence-corrected chi connectivity index (χ0v) is 11.0. The molecule has 1 aromatic carbocycles. The van der Waals surface area contributed by atoms with Gasteiger partial charge in [0.05, 0.1) is 6.61 Å². The number of carbonyl (C=O) groups is 1. The fourth-order valence-corrected chi connectivity index (χ4v) is 1.51. The zero-order chi connectivity index (χ0) is 11.8. The van der Waals surface area contributed by atoms with Gasteiger partial charge in [-0.05, 0) is 30.9 Å². The van der Waals surface area contributed by atoms with E-state index in [4.69, 9.17) is 10.5 Å². The first kappa shape index (κ1) is 15.9. The Morgan fingerprint density at radius 3 is 2.35 bits per heavy atom. The molecule has 0 atom stereocenters. The Morgan fingerprint density at radius 2 is 1.82 bits per heavy atom. The van der Waals surface area contributed by atoms with Crippen LogP contribution in [0.1, 0.15) is 30.9 Å². The molecular weight excluding hydrogens is 238 g/mol. The molecule has 0 unspecified atom stereocenters. The number of aryl methyl sites for hydroxylation is 1. The van der Waals surface area contributed by atoms with Gasteiger partial charge in [0.1, 0.15) is 0 Å². The molecule has 1 rings (SSSR count). The van der Waals surface area contributed by atoms with Crippen LogP contribution in [-0.4, -0.2) is 12.6 Å². The number of halogens is 1. The minimum atomic E-state index is -0.110. The fourth-order valence-electron chi connectivity index (χ4n) is 1.51. The highest BCUT2D eigenvalue weighted by atomic mass is 35.5. The molecule has 17 heavy (non-hydrogen) atoms. The van der Waals surface area contributed by atoms with Gasteiger partial charge in [-0.3, -0.25) is 4.79 Å². The first-order valence-corrected chi connectivity index (χ1v) is 5.69. The molecule has 96 valence electrons. The van der Waals surface area contributed by atoms with Crippen molar-refractivity contribution in [3.05, 3.63) is 35.4 Å². The third kappa shape index (κ3) is 6.29. The lowest BCUT2D eigenvalue weighted by molar-refractivity contribution is -0.143. The van der Waals surface area contributed by atoms with Crippen molar-refractivity contribution in [2.45, 2.75) is 32.7 Å². The van der Waals surface area contributed by atoms with E-state index in [-0.39, 0.29) is 18.4 Å². The van der Waals surface area contributed by atoms with Crippen molar-refractivity contribution >= 4 is 18.4 Å². The number of esters is 1. The number of ether oxygens (including phenoxy) is 1. The van der Waals surface area contributed by atoms with Crippen LogP contribution in [0.3, 0.4) is 0 Å². The van der Waals surface area contributed by atoms with E-state index < -0.39 is 0 Å². The molecule has 3 nitrogen and oxygen atoms in total. The molecule has 0 aromatic heterocycles. The van der Waals surface area contributed by atoms with E-state index in [1.54, 1.807) is 0 Å². The molecule has 0 radical (unpaired) electrons. The third-order valence-corrected chi connectivity index (χ3v) is 2.41. The van der Waals surface area contributed by atoms with Gasteiger partial charge in [0.2, 0.25) is 0 Å². The Kier molecular flexibility index (Phi) is 8.46. The molecule has 0 saturated carbocycles. The van der Waals surface area contributed by atoms with Gasteiger partial charge in [-0.2, -0.15) is 0 Å². The van der Waals surface area contributed by atoms with E-state index in [1.165, 1.54) is 5.56 Å². The SMILES string of the molecule is CCOC(=O)CCCc1ccc(CN)cc1.Cl. The lowest BCUT2D eigenvalue weighted by Crippen LogP contribution is -2.04. The van der Waals surface area contributed by atoms with Gasteiger partial charge >= 0.3 is 5.97 Å². The van der Waals surface area contributed by atoms with Crippen molar-refractivity contribution < 1.29 is 9.53 Å². The fraction of sp³-hybridized carbons (Fsp3) is 0.462. The summed E-state index contributed by atoms with van der Waals surface area (Å²) in [5, 5.41) is 0. The topological polar surface area (TPSA) is 52.3 Å². The van der Waals surface area contributed by atoms with Crippen LogP contribution in [0, 0.1) is 0 Å². The minimum Gasteiger partial charge on any atom is -0.466 e. The molecule has 1 aromatic rings.